The molecule has 130 valence electrons. The summed E-state index contributed by atoms with van der Waals surface area (Å²) >= 11 is 0. The SMILES string of the molecule is CCNC(=NCCCCn1cnnc1)NC1CC2CCC1O2.I. The highest BCUT2D eigenvalue weighted by atomic mass is 127. The van der Waals surface area contributed by atoms with E-state index in [0.717, 1.165) is 44.9 Å². The minimum Gasteiger partial charge on any atom is -0.373 e. The molecule has 3 rings (SSSR count). The molecule has 7 nitrogen and oxygen atoms in total. The largest absolute Gasteiger partial charge is 0.373 e. The van der Waals surface area contributed by atoms with Crippen LogP contribution in [-0.4, -0.2) is 52.1 Å². The van der Waals surface area contributed by atoms with Crippen molar-refractivity contribution in [3.63, 3.8) is 0 Å². The van der Waals surface area contributed by atoms with Crippen molar-refractivity contribution in [2.75, 3.05) is 13.1 Å². The van der Waals surface area contributed by atoms with Crippen molar-refractivity contribution in [1.82, 2.24) is 25.4 Å². The number of guanidine groups is 1. The minimum absolute atomic E-state index is 0. The van der Waals surface area contributed by atoms with Crippen LogP contribution in [0.4, 0.5) is 0 Å². The van der Waals surface area contributed by atoms with Crippen molar-refractivity contribution in [3.8, 4) is 0 Å². The van der Waals surface area contributed by atoms with Gasteiger partial charge in [-0.1, -0.05) is 0 Å². The van der Waals surface area contributed by atoms with Crippen LogP contribution in [0.5, 0.6) is 0 Å². The fourth-order valence-corrected chi connectivity index (χ4v) is 3.22. The number of unbranched alkanes of at least 4 members (excludes halogenated alkanes) is 1. The lowest BCUT2D eigenvalue weighted by atomic mass is 9.96. The Balaban J connectivity index is 0.00000192. The van der Waals surface area contributed by atoms with Gasteiger partial charge in [-0.2, -0.15) is 0 Å². The average Bonchev–Trinajstić information content (AvgIpc) is 3.24. The number of nitrogens with one attached hydrogen (secondary N) is 2. The standard InChI is InChI=1S/C15H26N6O.HI/c1-2-16-15(20-13-9-12-5-6-14(13)22-12)17-7-3-4-8-21-10-18-19-11-21;/h10-14H,2-9H2,1H3,(H2,16,17,20);1H. The van der Waals surface area contributed by atoms with Crippen LogP contribution in [0, 0.1) is 0 Å². The van der Waals surface area contributed by atoms with Crippen LogP contribution in [-0.2, 0) is 11.3 Å². The molecule has 1 aromatic heterocycles. The first-order valence-electron chi connectivity index (χ1n) is 8.38. The van der Waals surface area contributed by atoms with Gasteiger partial charge in [-0.3, -0.25) is 4.99 Å². The normalized spacial score (nSPS) is 26.1. The number of fused-ring (bicyclic) bond motifs is 2. The second-order valence-corrected chi connectivity index (χ2v) is 6.03. The molecule has 2 aliphatic rings. The molecule has 2 saturated heterocycles. The molecule has 2 aliphatic heterocycles. The summed E-state index contributed by atoms with van der Waals surface area (Å²) in [5.74, 6) is 0.924. The van der Waals surface area contributed by atoms with Crippen LogP contribution < -0.4 is 10.6 Å². The number of hydrogen-bond acceptors (Lipinski definition) is 4. The highest BCUT2D eigenvalue weighted by Crippen LogP contribution is 2.34. The zero-order valence-electron chi connectivity index (χ0n) is 13.6. The van der Waals surface area contributed by atoms with E-state index < -0.39 is 0 Å². The monoisotopic (exact) mass is 434 g/mol. The van der Waals surface area contributed by atoms with Crippen molar-refractivity contribution < 1.29 is 4.74 Å². The molecule has 0 radical (unpaired) electrons. The molecule has 0 aliphatic carbocycles. The van der Waals surface area contributed by atoms with E-state index in [1.807, 2.05) is 4.57 Å². The minimum atomic E-state index is 0. The summed E-state index contributed by atoms with van der Waals surface area (Å²) in [6.07, 6.45) is 10.0. The molecule has 0 amide bonds. The van der Waals surface area contributed by atoms with E-state index in [4.69, 9.17) is 4.74 Å². The second kappa shape index (κ2) is 9.41. The van der Waals surface area contributed by atoms with E-state index in [9.17, 15) is 0 Å². The first kappa shape index (κ1) is 18.4. The van der Waals surface area contributed by atoms with Crippen LogP contribution in [0.25, 0.3) is 0 Å². The highest BCUT2D eigenvalue weighted by molar-refractivity contribution is 14.0. The van der Waals surface area contributed by atoms with E-state index in [-0.39, 0.29) is 24.0 Å². The van der Waals surface area contributed by atoms with Gasteiger partial charge in [0, 0.05) is 19.6 Å². The molecule has 2 fully saturated rings. The molecule has 3 atom stereocenters. The number of nitrogens with zero attached hydrogens (tertiary/aromatic N) is 4. The molecule has 8 heteroatoms. The molecule has 0 saturated carbocycles. The maximum Gasteiger partial charge on any atom is 0.191 e. The summed E-state index contributed by atoms with van der Waals surface area (Å²) in [6.45, 7) is 4.76. The van der Waals surface area contributed by atoms with E-state index >= 15 is 0 Å². The van der Waals surface area contributed by atoms with Crippen molar-refractivity contribution in [2.45, 2.75) is 63.8 Å². The first-order chi connectivity index (χ1) is 10.8. The Morgan fingerprint density at radius 3 is 2.78 bits per heavy atom. The number of rotatable bonds is 7. The predicted octanol–water partition coefficient (Wildman–Crippen LogP) is 1.55. The number of ether oxygens (including phenoxy) is 1. The van der Waals surface area contributed by atoms with Gasteiger partial charge in [-0.05, 0) is 39.0 Å². The third kappa shape index (κ3) is 5.30. The van der Waals surface area contributed by atoms with Gasteiger partial charge in [0.1, 0.15) is 12.7 Å². The van der Waals surface area contributed by atoms with Gasteiger partial charge < -0.3 is 19.9 Å². The molecule has 23 heavy (non-hydrogen) atoms. The molecule has 1 aromatic rings. The Morgan fingerprint density at radius 2 is 2.13 bits per heavy atom. The first-order valence-corrected chi connectivity index (χ1v) is 8.38. The van der Waals surface area contributed by atoms with E-state index in [1.165, 1.54) is 12.8 Å². The number of aromatic nitrogens is 3. The zero-order chi connectivity index (χ0) is 15.2. The smallest absolute Gasteiger partial charge is 0.191 e. The Hall–Kier alpha value is -0.900. The highest BCUT2D eigenvalue weighted by Gasteiger charge is 2.41. The third-order valence-electron chi connectivity index (χ3n) is 4.33. The molecule has 0 aromatic carbocycles. The predicted molar refractivity (Wildman–Crippen MR) is 100 cm³/mol. The lowest BCUT2D eigenvalue weighted by Crippen LogP contribution is -2.47. The van der Waals surface area contributed by atoms with Crippen molar-refractivity contribution in [2.24, 2.45) is 4.99 Å². The number of aliphatic imine (C=N–C) groups is 1. The van der Waals surface area contributed by atoms with E-state index in [2.05, 4.69) is 32.7 Å². The van der Waals surface area contributed by atoms with Crippen molar-refractivity contribution in [3.05, 3.63) is 12.7 Å². The van der Waals surface area contributed by atoms with Crippen LogP contribution in [0.2, 0.25) is 0 Å². The van der Waals surface area contributed by atoms with E-state index in [0.29, 0.717) is 18.2 Å². The fourth-order valence-electron chi connectivity index (χ4n) is 3.22. The van der Waals surface area contributed by atoms with Gasteiger partial charge in [0.2, 0.25) is 0 Å². The van der Waals surface area contributed by atoms with Crippen LogP contribution in [0.3, 0.4) is 0 Å². The molecular weight excluding hydrogens is 407 g/mol. The maximum atomic E-state index is 5.89. The quantitative estimate of drug-likeness (QED) is 0.295. The number of halogens is 1. The summed E-state index contributed by atoms with van der Waals surface area (Å²) in [5, 5.41) is 14.5. The van der Waals surface area contributed by atoms with Crippen LogP contribution in [0.15, 0.2) is 17.6 Å². The third-order valence-corrected chi connectivity index (χ3v) is 4.33. The van der Waals surface area contributed by atoms with Gasteiger partial charge >= 0.3 is 0 Å². The molecule has 3 unspecified atom stereocenters. The summed E-state index contributed by atoms with van der Waals surface area (Å²) in [6, 6.07) is 0.425. The lowest BCUT2D eigenvalue weighted by molar-refractivity contribution is 0.0992. The molecule has 2 N–H and O–H groups in total. The molecule has 2 bridgehead atoms. The van der Waals surface area contributed by atoms with Crippen LogP contribution in [0.1, 0.15) is 39.0 Å². The Morgan fingerprint density at radius 1 is 1.30 bits per heavy atom. The summed E-state index contributed by atoms with van der Waals surface area (Å²) < 4.78 is 7.89. The van der Waals surface area contributed by atoms with E-state index in [1.54, 1.807) is 12.7 Å². The Labute approximate surface area is 154 Å². The molecule has 0 spiro atoms. The Bertz CT molecular complexity index is 480. The summed E-state index contributed by atoms with van der Waals surface area (Å²) in [7, 11) is 0. The van der Waals surface area contributed by atoms with Gasteiger partial charge in [0.25, 0.3) is 0 Å². The van der Waals surface area contributed by atoms with Crippen molar-refractivity contribution >= 4 is 29.9 Å². The number of aryl methyl sites for hydroxylation is 1. The van der Waals surface area contributed by atoms with Gasteiger partial charge in [-0.15, -0.1) is 34.2 Å². The molecular formula is C15H27IN6O. The average molecular weight is 434 g/mol. The zero-order valence-corrected chi connectivity index (χ0v) is 16.0. The molecule has 3 heterocycles. The summed E-state index contributed by atoms with van der Waals surface area (Å²) in [4.78, 5) is 4.68. The lowest BCUT2D eigenvalue weighted by Gasteiger charge is -2.22. The van der Waals surface area contributed by atoms with Gasteiger partial charge in [0.15, 0.2) is 5.96 Å². The number of hydrogen-bond donors (Lipinski definition) is 2. The second-order valence-electron chi connectivity index (χ2n) is 6.03. The maximum absolute atomic E-state index is 5.89. The Kier molecular flexibility index (Phi) is 7.54. The van der Waals surface area contributed by atoms with Crippen LogP contribution >= 0.6 is 24.0 Å². The fraction of sp³-hybridized carbons (Fsp3) is 0.800. The van der Waals surface area contributed by atoms with Gasteiger partial charge in [0.05, 0.1) is 18.2 Å². The summed E-state index contributed by atoms with van der Waals surface area (Å²) in [5.41, 5.74) is 0. The topological polar surface area (TPSA) is 76.4 Å². The van der Waals surface area contributed by atoms with Gasteiger partial charge in [-0.25, -0.2) is 0 Å². The van der Waals surface area contributed by atoms with Crippen molar-refractivity contribution in [1.29, 1.82) is 0 Å².